The van der Waals surface area contributed by atoms with Crippen molar-refractivity contribution in [2.24, 2.45) is 11.8 Å². The van der Waals surface area contributed by atoms with Crippen LogP contribution >= 0.6 is 0 Å². The number of rotatable bonds is 6. The van der Waals surface area contributed by atoms with Crippen molar-refractivity contribution >= 4 is 16.2 Å². The maximum atomic E-state index is 12.2. The standard InChI is InChI=1S/C11H22N2O4S/c1-4-5-6-12(3)18(16,17)13-7-9(2)10(8-13)11(14)15/h9-10H,4-8H2,1-3H3,(H,14,15)/t9-,10-/m1/s1. The molecule has 6 nitrogen and oxygen atoms in total. The third-order valence-electron chi connectivity index (χ3n) is 3.44. The second-order valence-corrected chi connectivity index (χ2v) is 6.96. The largest absolute Gasteiger partial charge is 0.481 e. The Morgan fingerprint density at radius 2 is 2.06 bits per heavy atom. The van der Waals surface area contributed by atoms with Gasteiger partial charge in [-0.15, -0.1) is 0 Å². The van der Waals surface area contributed by atoms with Crippen molar-refractivity contribution in [3.05, 3.63) is 0 Å². The summed E-state index contributed by atoms with van der Waals surface area (Å²) in [5.41, 5.74) is 0. The minimum absolute atomic E-state index is 0.0787. The highest BCUT2D eigenvalue weighted by Crippen LogP contribution is 2.26. The van der Waals surface area contributed by atoms with E-state index in [0.717, 1.165) is 12.8 Å². The van der Waals surface area contributed by atoms with E-state index in [0.29, 0.717) is 6.54 Å². The van der Waals surface area contributed by atoms with E-state index in [1.165, 1.54) is 8.61 Å². The number of carboxylic acid groups (broad SMARTS) is 1. The average Bonchev–Trinajstić information content (AvgIpc) is 2.68. The molecule has 0 spiro atoms. The number of unbranched alkanes of at least 4 members (excludes halogenated alkanes) is 1. The molecule has 1 saturated heterocycles. The van der Waals surface area contributed by atoms with Crippen molar-refractivity contribution in [2.45, 2.75) is 26.7 Å². The van der Waals surface area contributed by atoms with Crippen LogP contribution in [0.4, 0.5) is 0 Å². The SMILES string of the molecule is CCCCN(C)S(=O)(=O)N1C[C@@H](C)[C@H](C(=O)O)C1. The Kier molecular flexibility index (Phi) is 5.12. The zero-order valence-corrected chi connectivity index (χ0v) is 12.0. The fourth-order valence-electron chi connectivity index (χ4n) is 2.13. The minimum Gasteiger partial charge on any atom is -0.481 e. The van der Waals surface area contributed by atoms with Crippen LogP contribution in [0.2, 0.25) is 0 Å². The van der Waals surface area contributed by atoms with Crippen molar-refractivity contribution in [1.82, 2.24) is 8.61 Å². The molecule has 0 aromatic carbocycles. The van der Waals surface area contributed by atoms with Crippen LogP contribution < -0.4 is 0 Å². The van der Waals surface area contributed by atoms with Crippen molar-refractivity contribution in [3.63, 3.8) is 0 Å². The molecule has 1 N–H and O–H groups in total. The van der Waals surface area contributed by atoms with E-state index in [1.807, 2.05) is 6.92 Å². The van der Waals surface area contributed by atoms with Gasteiger partial charge in [0.2, 0.25) is 0 Å². The van der Waals surface area contributed by atoms with Gasteiger partial charge in [-0.1, -0.05) is 20.3 Å². The molecular weight excluding hydrogens is 256 g/mol. The van der Waals surface area contributed by atoms with Gasteiger partial charge in [-0.05, 0) is 12.3 Å². The van der Waals surface area contributed by atoms with Crippen LogP contribution in [0, 0.1) is 11.8 Å². The Bertz CT molecular complexity index is 396. The zero-order valence-electron chi connectivity index (χ0n) is 11.2. The molecule has 1 aliphatic rings. The van der Waals surface area contributed by atoms with Crippen molar-refractivity contribution in [3.8, 4) is 0 Å². The van der Waals surface area contributed by atoms with E-state index in [2.05, 4.69) is 0 Å². The van der Waals surface area contributed by atoms with E-state index in [4.69, 9.17) is 5.11 Å². The first-order valence-electron chi connectivity index (χ1n) is 6.25. The normalized spacial score (nSPS) is 25.8. The van der Waals surface area contributed by atoms with Crippen LogP contribution in [-0.2, 0) is 15.0 Å². The summed E-state index contributed by atoms with van der Waals surface area (Å²) in [5.74, 6) is -1.66. The predicted molar refractivity (Wildman–Crippen MR) is 68.3 cm³/mol. The predicted octanol–water partition coefficient (Wildman–Crippen LogP) is 0.616. The van der Waals surface area contributed by atoms with E-state index < -0.39 is 22.1 Å². The topological polar surface area (TPSA) is 77.9 Å². The molecule has 0 amide bonds. The number of carboxylic acids is 1. The van der Waals surface area contributed by atoms with E-state index in [1.54, 1.807) is 14.0 Å². The Balaban J connectivity index is 2.73. The summed E-state index contributed by atoms with van der Waals surface area (Å²) >= 11 is 0. The number of hydrogen-bond acceptors (Lipinski definition) is 3. The number of nitrogens with zero attached hydrogens (tertiary/aromatic N) is 2. The average molecular weight is 278 g/mol. The van der Waals surface area contributed by atoms with Gasteiger partial charge in [0.15, 0.2) is 0 Å². The molecular formula is C11H22N2O4S. The molecule has 7 heteroatoms. The molecule has 0 saturated carbocycles. The number of aliphatic carboxylic acids is 1. The fraction of sp³-hybridized carbons (Fsp3) is 0.909. The Morgan fingerprint density at radius 1 is 1.44 bits per heavy atom. The quantitative estimate of drug-likeness (QED) is 0.772. The molecule has 1 aliphatic heterocycles. The molecule has 18 heavy (non-hydrogen) atoms. The van der Waals surface area contributed by atoms with E-state index >= 15 is 0 Å². The molecule has 1 rings (SSSR count). The zero-order chi connectivity index (χ0) is 13.9. The lowest BCUT2D eigenvalue weighted by Crippen LogP contribution is -2.41. The van der Waals surface area contributed by atoms with Crippen LogP contribution in [0.5, 0.6) is 0 Å². The molecule has 1 fully saturated rings. The monoisotopic (exact) mass is 278 g/mol. The van der Waals surface area contributed by atoms with Gasteiger partial charge >= 0.3 is 5.97 Å². The highest BCUT2D eigenvalue weighted by atomic mass is 32.2. The van der Waals surface area contributed by atoms with Crippen LogP contribution in [-0.4, -0.2) is 54.8 Å². The van der Waals surface area contributed by atoms with Gasteiger partial charge in [0.05, 0.1) is 5.92 Å². The van der Waals surface area contributed by atoms with Gasteiger partial charge in [0.1, 0.15) is 0 Å². The lowest BCUT2D eigenvalue weighted by molar-refractivity contribution is -0.142. The van der Waals surface area contributed by atoms with Gasteiger partial charge in [0, 0.05) is 26.7 Å². The molecule has 1 heterocycles. The molecule has 0 bridgehead atoms. The summed E-state index contributed by atoms with van der Waals surface area (Å²) in [4.78, 5) is 11.0. The van der Waals surface area contributed by atoms with Gasteiger partial charge in [-0.25, -0.2) is 0 Å². The summed E-state index contributed by atoms with van der Waals surface area (Å²) in [5, 5.41) is 9.01. The second kappa shape index (κ2) is 5.99. The third kappa shape index (κ3) is 3.21. The lowest BCUT2D eigenvalue weighted by atomic mass is 9.99. The van der Waals surface area contributed by atoms with Crippen LogP contribution in [0.3, 0.4) is 0 Å². The van der Waals surface area contributed by atoms with Crippen LogP contribution in [0.15, 0.2) is 0 Å². The highest BCUT2D eigenvalue weighted by molar-refractivity contribution is 7.86. The summed E-state index contributed by atoms with van der Waals surface area (Å²) in [6.45, 7) is 4.62. The summed E-state index contributed by atoms with van der Waals surface area (Å²) in [7, 11) is -1.96. The van der Waals surface area contributed by atoms with Gasteiger partial charge in [-0.2, -0.15) is 17.0 Å². The molecule has 0 radical (unpaired) electrons. The molecule has 0 aromatic heterocycles. The Labute approximate surface area is 109 Å². The first kappa shape index (κ1) is 15.4. The third-order valence-corrected chi connectivity index (χ3v) is 5.36. The van der Waals surface area contributed by atoms with Crippen molar-refractivity contribution in [1.29, 1.82) is 0 Å². The molecule has 0 aromatic rings. The molecule has 2 atom stereocenters. The van der Waals surface area contributed by atoms with E-state index in [9.17, 15) is 13.2 Å². The van der Waals surface area contributed by atoms with E-state index in [-0.39, 0.29) is 19.0 Å². The second-order valence-electron chi connectivity index (χ2n) is 4.92. The Morgan fingerprint density at radius 3 is 2.50 bits per heavy atom. The smallest absolute Gasteiger partial charge is 0.308 e. The maximum Gasteiger partial charge on any atom is 0.308 e. The summed E-state index contributed by atoms with van der Waals surface area (Å²) < 4.78 is 27.0. The Hall–Kier alpha value is -0.660. The van der Waals surface area contributed by atoms with Gasteiger partial charge in [0.25, 0.3) is 10.2 Å². The first-order valence-corrected chi connectivity index (χ1v) is 7.64. The molecule has 0 aliphatic carbocycles. The maximum absolute atomic E-state index is 12.2. The highest BCUT2D eigenvalue weighted by Gasteiger charge is 2.41. The van der Waals surface area contributed by atoms with Crippen LogP contribution in [0.25, 0.3) is 0 Å². The first-order chi connectivity index (χ1) is 8.30. The lowest BCUT2D eigenvalue weighted by Gasteiger charge is -2.23. The fourth-order valence-corrected chi connectivity index (χ4v) is 3.65. The minimum atomic E-state index is -3.51. The van der Waals surface area contributed by atoms with Gasteiger partial charge < -0.3 is 5.11 Å². The summed E-state index contributed by atoms with van der Waals surface area (Å²) in [6.07, 6.45) is 1.73. The number of hydrogen-bond donors (Lipinski definition) is 1. The number of carbonyl (C=O) groups is 1. The van der Waals surface area contributed by atoms with Crippen molar-refractivity contribution < 1.29 is 18.3 Å². The molecule has 106 valence electrons. The molecule has 0 unspecified atom stereocenters. The van der Waals surface area contributed by atoms with Crippen LogP contribution in [0.1, 0.15) is 26.7 Å². The van der Waals surface area contributed by atoms with Gasteiger partial charge in [-0.3, -0.25) is 4.79 Å². The van der Waals surface area contributed by atoms with Crippen molar-refractivity contribution in [2.75, 3.05) is 26.7 Å². The summed E-state index contributed by atoms with van der Waals surface area (Å²) in [6, 6.07) is 0.